The number of nitrogens with one attached hydrogen (secondary N) is 1. The molecule has 0 unspecified atom stereocenters. The summed E-state index contributed by atoms with van der Waals surface area (Å²) < 4.78 is 0. The van der Waals surface area contributed by atoms with E-state index >= 15 is 0 Å². The maximum Gasteiger partial charge on any atom is 0.269 e. The molecule has 0 aliphatic carbocycles. The van der Waals surface area contributed by atoms with Gasteiger partial charge in [0.05, 0.1) is 4.92 Å². The Morgan fingerprint density at radius 2 is 2.06 bits per heavy atom. The fourth-order valence-corrected chi connectivity index (χ4v) is 1.53. The largest absolute Gasteiger partial charge is 0.342 e. The van der Waals surface area contributed by atoms with Crippen molar-refractivity contribution < 1.29 is 4.92 Å². The normalized spacial score (nSPS) is 10.4. The average molecular weight is 232 g/mol. The lowest BCUT2D eigenvalue weighted by molar-refractivity contribution is -0.384. The molecule has 0 aliphatic rings. The number of hydrogen-bond donors (Lipinski definition) is 2. The number of rotatable bonds is 4. The van der Waals surface area contributed by atoms with Crippen LogP contribution >= 0.6 is 0 Å². The smallest absolute Gasteiger partial charge is 0.269 e. The topological polar surface area (TPSA) is 97.8 Å². The van der Waals surface area contributed by atoms with Crippen molar-refractivity contribution in [3.63, 3.8) is 0 Å². The van der Waals surface area contributed by atoms with E-state index in [1.807, 2.05) is 0 Å². The Labute approximate surface area is 97.6 Å². The first-order valence-corrected chi connectivity index (χ1v) is 5.19. The highest BCUT2D eigenvalue weighted by Gasteiger charge is 2.07. The van der Waals surface area contributed by atoms with Gasteiger partial charge in [-0.1, -0.05) is 0 Å². The van der Waals surface area contributed by atoms with Crippen molar-refractivity contribution >= 4 is 5.69 Å². The third kappa shape index (κ3) is 2.48. The van der Waals surface area contributed by atoms with Gasteiger partial charge in [-0.3, -0.25) is 10.1 Å². The molecule has 0 spiro atoms. The van der Waals surface area contributed by atoms with Crippen LogP contribution in [0.2, 0.25) is 0 Å². The molecule has 17 heavy (non-hydrogen) atoms. The van der Waals surface area contributed by atoms with Gasteiger partial charge < -0.3 is 10.7 Å². The van der Waals surface area contributed by atoms with Crippen molar-refractivity contribution in [3.05, 3.63) is 46.3 Å². The molecule has 1 heterocycles. The van der Waals surface area contributed by atoms with Gasteiger partial charge in [0.15, 0.2) is 0 Å². The predicted octanol–water partition coefficient (Wildman–Crippen LogP) is 1.49. The Kier molecular flexibility index (Phi) is 3.15. The van der Waals surface area contributed by atoms with Crippen molar-refractivity contribution in [1.82, 2.24) is 9.97 Å². The number of aromatic nitrogens is 2. The summed E-state index contributed by atoms with van der Waals surface area (Å²) in [5, 5.41) is 10.5. The van der Waals surface area contributed by atoms with E-state index < -0.39 is 4.92 Å². The summed E-state index contributed by atoms with van der Waals surface area (Å²) >= 11 is 0. The van der Waals surface area contributed by atoms with E-state index in [0.29, 0.717) is 12.4 Å². The molecule has 2 rings (SSSR count). The molecular formula is C11H12N4O2. The van der Waals surface area contributed by atoms with E-state index in [9.17, 15) is 10.1 Å². The molecule has 0 aliphatic heterocycles. The number of H-pyrrole nitrogens is 1. The van der Waals surface area contributed by atoms with Crippen molar-refractivity contribution in [2.75, 3.05) is 6.54 Å². The Balaban J connectivity index is 2.23. The molecule has 0 bridgehead atoms. The highest BCUT2D eigenvalue weighted by Crippen LogP contribution is 2.19. The standard InChI is InChI=1S/C11H12N4O2/c12-6-5-9-7-13-11(14-9)8-1-3-10(4-2-8)15(16)17/h1-4,7H,5-6,12H2,(H,13,14). The molecule has 6 nitrogen and oxygen atoms in total. The van der Waals surface area contributed by atoms with Crippen LogP contribution in [0.4, 0.5) is 5.69 Å². The van der Waals surface area contributed by atoms with Gasteiger partial charge in [0.2, 0.25) is 0 Å². The van der Waals surface area contributed by atoms with Gasteiger partial charge in [-0.15, -0.1) is 0 Å². The van der Waals surface area contributed by atoms with E-state index in [-0.39, 0.29) is 5.69 Å². The van der Waals surface area contributed by atoms with Crippen LogP contribution in [0.1, 0.15) is 5.69 Å². The first-order chi connectivity index (χ1) is 8.20. The molecule has 88 valence electrons. The number of hydrogen-bond acceptors (Lipinski definition) is 4. The van der Waals surface area contributed by atoms with Gasteiger partial charge in [0.25, 0.3) is 5.69 Å². The number of non-ortho nitro benzene ring substituents is 1. The maximum absolute atomic E-state index is 10.5. The van der Waals surface area contributed by atoms with Gasteiger partial charge in [0, 0.05) is 36.0 Å². The van der Waals surface area contributed by atoms with Crippen LogP contribution in [0.5, 0.6) is 0 Å². The SMILES string of the molecule is NCCc1cnc(-c2ccc([N+](=O)[O-])cc2)[nH]1. The highest BCUT2D eigenvalue weighted by atomic mass is 16.6. The minimum atomic E-state index is -0.425. The summed E-state index contributed by atoms with van der Waals surface area (Å²) in [6.07, 6.45) is 2.46. The molecule has 6 heteroatoms. The lowest BCUT2D eigenvalue weighted by Gasteiger charge is -1.96. The molecule has 0 fully saturated rings. The Bertz CT molecular complexity index is 519. The summed E-state index contributed by atoms with van der Waals surface area (Å²) in [7, 11) is 0. The minimum absolute atomic E-state index is 0.0717. The van der Waals surface area contributed by atoms with Gasteiger partial charge in [-0.05, 0) is 18.7 Å². The van der Waals surface area contributed by atoms with Gasteiger partial charge in [-0.25, -0.2) is 4.98 Å². The first kappa shape index (κ1) is 11.3. The van der Waals surface area contributed by atoms with E-state index in [4.69, 9.17) is 5.73 Å². The monoisotopic (exact) mass is 232 g/mol. The van der Waals surface area contributed by atoms with Crippen LogP contribution in [0, 0.1) is 10.1 Å². The summed E-state index contributed by atoms with van der Waals surface area (Å²) in [4.78, 5) is 17.4. The third-order valence-electron chi connectivity index (χ3n) is 2.39. The zero-order valence-corrected chi connectivity index (χ0v) is 9.09. The summed E-state index contributed by atoms with van der Waals surface area (Å²) in [6, 6.07) is 6.26. The van der Waals surface area contributed by atoms with Crippen LogP contribution in [-0.2, 0) is 6.42 Å². The molecule has 1 aromatic carbocycles. The van der Waals surface area contributed by atoms with Crippen LogP contribution in [0.15, 0.2) is 30.5 Å². The number of nitro groups is 1. The molecule has 0 saturated carbocycles. The number of aromatic amines is 1. The molecular weight excluding hydrogens is 220 g/mol. The van der Waals surface area contributed by atoms with E-state index in [1.54, 1.807) is 18.3 Å². The second-order valence-electron chi connectivity index (χ2n) is 3.60. The van der Waals surface area contributed by atoms with E-state index in [0.717, 1.165) is 17.7 Å². The first-order valence-electron chi connectivity index (χ1n) is 5.19. The van der Waals surface area contributed by atoms with E-state index in [1.165, 1.54) is 12.1 Å². The fourth-order valence-electron chi connectivity index (χ4n) is 1.53. The number of nitrogens with two attached hydrogens (primary N) is 1. The number of imidazole rings is 1. The van der Waals surface area contributed by atoms with Crippen molar-refractivity contribution in [3.8, 4) is 11.4 Å². The van der Waals surface area contributed by atoms with Crippen molar-refractivity contribution in [2.24, 2.45) is 5.73 Å². The Hall–Kier alpha value is -2.21. The second kappa shape index (κ2) is 4.75. The number of nitrogens with zero attached hydrogens (tertiary/aromatic N) is 2. The molecule has 1 aromatic heterocycles. The quantitative estimate of drug-likeness (QED) is 0.616. The van der Waals surface area contributed by atoms with Crippen LogP contribution in [0.25, 0.3) is 11.4 Å². The minimum Gasteiger partial charge on any atom is -0.342 e. The summed E-state index contributed by atoms with van der Waals surface area (Å²) in [5.41, 5.74) is 7.29. The zero-order chi connectivity index (χ0) is 12.3. The second-order valence-corrected chi connectivity index (χ2v) is 3.60. The van der Waals surface area contributed by atoms with Gasteiger partial charge >= 0.3 is 0 Å². The van der Waals surface area contributed by atoms with Crippen molar-refractivity contribution in [1.29, 1.82) is 0 Å². The lowest BCUT2D eigenvalue weighted by Crippen LogP contribution is -2.02. The van der Waals surface area contributed by atoms with Crippen molar-refractivity contribution in [2.45, 2.75) is 6.42 Å². The zero-order valence-electron chi connectivity index (χ0n) is 9.09. The third-order valence-corrected chi connectivity index (χ3v) is 2.39. The summed E-state index contributed by atoms with van der Waals surface area (Å²) in [6.45, 7) is 0.557. The molecule has 0 amide bonds. The molecule has 2 aromatic rings. The van der Waals surface area contributed by atoms with Crippen LogP contribution in [-0.4, -0.2) is 21.4 Å². The predicted molar refractivity (Wildman–Crippen MR) is 63.4 cm³/mol. The van der Waals surface area contributed by atoms with Crippen LogP contribution < -0.4 is 5.73 Å². The Morgan fingerprint density at radius 1 is 1.35 bits per heavy atom. The molecule has 3 N–H and O–H groups in total. The average Bonchev–Trinajstić information content (AvgIpc) is 2.78. The maximum atomic E-state index is 10.5. The fraction of sp³-hybridized carbons (Fsp3) is 0.182. The number of nitro benzene ring substituents is 1. The highest BCUT2D eigenvalue weighted by molar-refractivity contribution is 5.57. The van der Waals surface area contributed by atoms with Gasteiger partial charge in [0.1, 0.15) is 5.82 Å². The van der Waals surface area contributed by atoms with E-state index in [2.05, 4.69) is 9.97 Å². The number of benzene rings is 1. The molecule has 0 saturated heterocycles. The van der Waals surface area contributed by atoms with Crippen LogP contribution in [0.3, 0.4) is 0 Å². The van der Waals surface area contributed by atoms with Gasteiger partial charge in [-0.2, -0.15) is 0 Å². The summed E-state index contributed by atoms with van der Waals surface area (Å²) in [5.74, 6) is 0.698. The molecule has 0 atom stereocenters. The Morgan fingerprint density at radius 3 is 2.65 bits per heavy atom. The molecule has 0 radical (unpaired) electrons. The lowest BCUT2D eigenvalue weighted by atomic mass is 10.2.